The second kappa shape index (κ2) is 18.7. The number of piperidine rings is 2. The minimum atomic E-state index is -0.608. The van der Waals surface area contributed by atoms with Gasteiger partial charge >= 0.3 is 5.56 Å². The van der Waals surface area contributed by atoms with Gasteiger partial charge in [0, 0.05) is 53.0 Å². The Morgan fingerprint density at radius 3 is 1.45 bits per heavy atom. The second-order valence-electron chi connectivity index (χ2n) is 18.6. The molecule has 6 heterocycles. The molecule has 2 aromatic heterocycles. The number of hydrogen-bond donors (Lipinski definition) is 2. The number of carbonyl (C=O) groups excluding carboxylic acids is 2. The highest BCUT2D eigenvalue weighted by Crippen LogP contribution is 2.46. The summed E-state index contributed by atoms with van der Waals surface area (Å²) in [6, 6.07) is 33.9. The highest BCUT2D eigenvalue weighted by atomic mass is 35.5. The molecule has 5 fully saturated rings. The van der Waals surface area contributed by atoms with E-state index in [2.05, 4.69) is 42.5 Å². The van der Waals surface area contributed by atoms with Crippen molar-refractivity contribution in [2.75, 3.05) is 65.7 Å². The highest BCUT2D eigenvalue weighted by Gasteiger charge is 2.52. The molecule has 1 saturated carbocycles. The van der Waals surface area contributed by atoms with Gasteiger partial charge in [0.05, 0.1) is 49.4 Å². The Bertz CT molecular complexity index is 3010. The first-order valence-electron chi connectivity index (χ1n) is 23.1. The standard InChI is InChI=1S/C28H30ClN5O3.C23H21Cl2N5O2/c1-27(10-11-27)18-37-24-23(17-31-34(25(24)35)22-9-5-6-20(29)16-22)32-14-12-28(13-15-32)26(36)30-19-33(28)21-7-3-2-4-8-21;24-16-5-4-8-18(13-16)30-21(31)20(25)19(14-27-30)28-11-9-23(10-12-28)22(32)26-15-29(23)17-6-2-1-3-7-17/h2-9,16-17H,10-15,18-19H2,1H3,(H,30,36);1-8,13-14H,9-12,15H2,(H,26,32). The normalized spacial score (nSPS) is 18.7. The third-order valence-electron chi connectivity index (χ3n) is 14.3. The molecular weight excluding hydrogens is 939 g/mol. The van der Waals surface area contributed by atoms with Crippen LogP contribution in [0.5, 0.6) is 5.75 Å². The van der Waals surface area contributed by atoms with Gasteiger partial charge in [-0.05, 0) is 99.2 Å². The molecule has 2 spiro atoms. The predicted molar refractivity (Wildman–Crippen MR) is 270 cm³/mol. The van der Waals surface area contributed by atoms with Gasteiger partial charge < -0.3 is 35.0 Å². The van der Waals surface area contributed by atoms with Gasteiger partial charge in [0.1, 0.15) is 21.8 Å². The highest BCUT2D eigenvalue weighted by molar-refractivity contribution is 6.33. The number of anilines is 4. The largest absolute Gasteiger partial charge is 0.486 e. The molecule has 4 saturated heterocycles. The van der Waals surface area contributed by atoms with Gasteiger partial charge in [-0.3, -0.25) is 19.2 Å². The number of carbonyl (C=O) groups is 2. The van der Waals surface area contributed by atoms with E-state index in [0.717, 1.165) is 24.2 Å². The third-order valence-corrected chi connectivity index (χ3v) is 15.1. The molecule has 15 nitrogen and oxygen atoms in total. The molecule has 1 aliphatic carbocycles. The number of benzene rings is 4. The molecule has 5 aliphatic rings. The molecule has 0 atom stereocenters. The van der Waals surface area contributed by atoms with E-state index in [1.165, 1.54) is 9.36 Å². The average molecular weight is 990 g/mol. The van der Waals surface area contributed by atoms with Crippen LogP contribution in [0.2, 0.25) is 15.1 Å². The number of ether oxygens (including phenoxy) is 1. The number of hydrogen-bond acceptors (Lipinski definition) is 11. The molecule has 4 aromatic carbocycles. The monoisotopic (exact) mass is 988 g/mol. The SMILES string of the molecule is CC1(COc2c(N3CCC4(CC3)C(=O)NCN4c3ccccc3)cnn(-c3cccc(Cl)c3)c2=O)CC1.O=C1NCN(c2ccccc2)C12CCN(c1cnn(-c3cccc(Cl)c3)c(=O)c1Cl)CC2. The zero-order valence-corrected chi connectivity index (χ0v) is 40.3. The van der Waals surface area contributed by atoms with E-state index >= 15 is 0 Å². The first kappa shape index (κ1) is 46.2. The molecule has 2 amide bonds. The summed E-state index contributed by atoms with van der Waals surface area (Å²) in [6.45, 7) is 6.01. The third kappa shape index (κ3) is 8.87. The molecule has 0 radical (unpaired) electrons. The van der Waals surface area contributed by atoms with Gasteiger partial charge in [0.15, 0.2) is 0 Å². The Morgan fingerprint density at radius 2 is 0.986 bits per heavy atom. The molecule has 11 rings (SSSR count). The van der Waals surface area contributed by atoms with Gasteiger partial charge in [-0.2, -0.15) is 19.6 Å². The molecular formula is C51H51Cl3N10O5. The Kier molecular flexibility index (Phi) is 12.5. The summed E-state index contributed by atoms with van der Waals surface area (Å²) in [4.78, 5) is 61.0. The topological polar surface area (TPSA) is 150 Å². The van der Waals surface area contributed by atoms with Crippen LogP contribution in [0.1, 0.15) is 45.4 Å². The van der Waals surface area contributed by atoms with Crippen LogP contribution in [0.4, 0.5) is 22.7 Å². The van der Waals surface area contributed by atoms with E-state index in [-0.39, 0.29) is 27.8 Å². The van der Waals surface area contributed by atoms with Crippen LogP contribution >= 0.6 is 34.8 Å². The van der Waals surface area contributed by atoms with Crippen LogP contribution in [0.25, 0.3) is 11.4 Å². The van der Waals surface area contributed by atoms with Crippen LogP contribution < -0.4 is 46.1 Å². The number of nitrogens with zero attached hydrogens (tertiary/aromatic N) is 8. The van der Waals surface area contributed by atoms with Crippen LogP contribution in [-0.2, 0) is 9.59 Å². The maximum Gasteiger partial charge on any atom is 0.316 e. The Hall–Kier alpha value is -6.55. The van der Waals surface area contributed by atoms with Crippen LogP contribution in [0.15, 0.2) is 131 Å². The molecule has 0 bridgehead atoms. The van der Waals surface area contributed by atoms with Crippen molar-refractivity contribution in [1.29, 1.82) is 0 Å². The first-order valence-corrected chi connectivity index (χ1v) is 24.3. The van der Waals surface area contributed by atoms with Crippen molar-refractivity contribution in [3.63, 3.8) is 0 Å². The maximum absolute atomic E-state index is 13.7. The van der Waals surface area contributed by atoms with E-state index < -0.39 is 16.6 Å². The van der Waals surface area contributed by atoms with Crippen molar-refractivity contribution in [3.05, 3.63) is 157 Å². The summed E-state index contributed by atoms with van der Waals surface area (Å²) in [6.07, 6.45) is 7.97. The van der Waals surface area contributed by atoms with Crippen molar-refractivity contribution in [2.24, 2.45) is 5.41 Å². The second-order valence-corrected chi connectivity index (χ2v) is 19.8. The van der Waals surface area contributed by atoms with Crippen LogP contribution in [-0.4, -0.2) is 88.6 Å². The van der Waals surface area contributed by atoms with Gasteiger partial charge in [-0.15, -0.1) is 0 Å². The Balaban J connectivity index is 0.000000162. The van der Waals surface area contributed by atoms with E-state index in [1.807, 2.05) is 65.6 Å². The zero-order chi connectivity index (χ0) is 47.9. The van der Waals surface area contributed by atoms with Gasteiger partial charge in [-0.25, -0.2) is 0 Å². The van der Waals surface area contributed by atoms with Crippen molar-refractivity contribution in [3.8, 4) is 17.1 Å². The van der Waals surface area contributed by atoms with Crippen molar-refractivity contribution in [2.45, 2.75) is 56.5 Å². The van der Waals surface area contributed by atoms with E-state index in [4.69, 9.17) is 39.5 Å². The van der Waals surface area contributed by atoms with Gasteiger partial charge in [0.2, 0.25) is 17.6 Å². The van der Waals surface area contributed by atoms with E-state index in [0.29, 0.717) is 110 Å². The van der Waals surface area contributed by atoms with Crippen LogP contribution in [0, 0.1) is 5.41 Å². The average Bonchev–Trinajstić information content (AvgIpc) is 3.92. The minimum absolute atomic E-state index is 0.0431. The fraction of sp³-hybridized carbons (Fsp3) is 0.333. The molecule has 4 aliphatic heterocycles. The molecule has 69 heavy (non-hydrogen) atoms. The Labute approximate surface area is 414 Å². The van der Waals surface area contributed by atoms with Crippen molar-refractivity contribution in [1.82, 2.24) is 30.2 Å². The quantitative estimate of drug-likeness (QED) is 0.149. The predicted octanol–water partition coefficient (Wildman–Crippen LogP) is 7.47. The van der Waals surface area contributed by atoms with E-state index in [9.17, 15) is 19.2 Å². The number of nitrogens with one attached hydrogen (secondary N) is 2. The maximum atomic E-state index is 13.7. The number of para-hydroxylation sites is 2. The molecule has 356 valence electrons. The Morgan fingerprint density at radius 1 is 0.551 bits per heavy atom. The van der Waals surface area contributed by atoms with Crippen molar-refractivity contribution >= 4 is 69.4 Å². The summed E-state index contributed by atoms with van der Waals surface area (Å²) in [5.41, 5.74) is 2.62. The zero-order valence-electron chi connectivity index (χ0n) is 38.0. The first-order chi connectivity index (χ1) is 33.4. The lowest BCUT2D eigenvalue weighted by Gasteiger charge is -2.44. The summed E-state index contributed by atoms with van der Waals surface area (Å²) in [5.74, 6) is 0.403. The smallest absolute Gasteiger partial charge is 0.316 e. The summed E-state index contributed by atoms with van der Waals surface area (Å²) in [7, 11) is 0. The summed E-state index contributed by atoms with van der Waals surface area (Å²) < 4.78 is 8.81. The molecule has 0 unspecified atom stereocenters. The summed E-state index contributed by atoms with van der Waals surface area (Å²) >= 11 is 18.7. The minimum Gasteiger partial charge on any atom is -0.486 e. The van der Waals surface area contributed by atoms with E-state index in [1.54, 1.807) is 60.9 Å². The number of aromatic nitrogens is 4. The summed E-state index contributed by atoms with van der Waals surface area (Å²) in [5, 5.41) is 16.0. The fourth-order valence-electron chi connectivity index (χ4n) is 9.92. The lowest BCUT2D eigenvalue weighted by atomic mass is 9.85. The number of amides is 2. The molecule has 2 N–H and O–H groups in total. The number of rotatable bonds is 9. The fourth-order valence-corrected chi connectivity index (χ4v) is 10.5. The van der Waals surface area contributed by atoms with Gasteiger partial charge in [0.25, 0.3) is 5.56 Å². The van der Waals surface area contributed by atoms with Crippen molar-refractivity contribution < 1.29 is 14.3 Å². The lowest BCUT2D eigenvalue weighted by molar-refractivity contribution is -0.125. The lowest BCUT2D eigenvalue weighted by Crippen LogP contribution is -2.56. The number of halogens is 3. The van der Waals surface area contributed by atoms with Gasteiger partial charge in [-0.1, -0.05) is 90.3 Å². The molecule has 18 heteroatoms. The van der Waals surface area contributed by atoms with Crippen LogP contribution in [0.3, 0.4) is 0 Å². The molecule has 6 aromatic rings.